The Morgan fingerprint density at radius 3 is 2.24 bits per heavy atom. The van der Waals surface area contributed by atoms with Crippen LogP contribution in [0.5, 0.6) is 0 Å². The van der Waals surface area contributed by atoms with Gasteiger partial charge in [-0.1, -0.05) is 47.1 Å². The monoisotopic (exact) mass is 536 g/mol. The highest BCUT2D eigenvalue weighted by molar-refractivity contribution is 6.36. The smallest absolute Gasteiger partial charge is 0.270 e. The van der Waals surface area contributed by atoms with Gasteiger partial charge >= 0.3 is 0 Å². The number of imidazole rings is 1. The van der Waals surface area contributed by atoms with Crippen molar-refractivity contribution >= 4 is 22.5 Å². The van der Waals surface area contributed by atoms with Crippen molar-refractivity contribution in [2.45, 2.75) is 38.7 Å². The summed E-state index contributed by atoms with van der Waals surface area (Å²) in [5.74, 6) is -2.17. The Kier molecular flexibility index (Phi) is 6.31. The Balaban J connectivity index is 1.65. The Labute approximate surface area is 223 Å². The topological polar surface area (TPSA) is 81.7 Å². The molecule has 1 atom stereocenters. The van der Waals surface area contributed by atoms with Gasteiger partial charge in [0.05, 0.1) is 28.6 Å². The van der Waals surface area contributed by atoms with Crippen LogP contribution in [0.4, 0.5) is 8.78 Å². The van der Waals surface area contributed by atoms with Crippen molar-refractivity contribution in [3.05, 3.63) is 105 Å². The maximum absolute atomic E-state index is 13.7. The van der Waals surface area contributed by atoms with Crippen molar-refractivity contribution in [1.82, 2.24) is 29.5 Å². The van der Waals surface area contributed by atoms with Crippen LogP contribution in [0.2, 0.25) is 5.02 Å². The van der Waals surface area contributed by atoms with E-state index in [0.717, 1.165) is 29.6 Å². The summed E-state index contributed by atoms with van der Waals surface area (Å²) in [6.07, 6.45) is 3.58. The molecule has 10 heteroatoms. The van der Waals surface area contributed by atoms with Gasteiger partial charge in [-0.25, -0.2) is 18.4 Å². The molecule has 0 aliphatic heterocycles. The third-order valence-corrected chi connectivity index (χ3v) is 7.59. The van der Waals surface area contributed by atoms with Crippen LogP contribution >= 0.6 is 11.6 Å². The number of rotatable bonds is 6. The SMILES string of the molecule is Cc1nc2ccc(C(O)(c3cnnn3C)c3cnc(C)n3C)cc2c(Cl)c1Cc1ccc(C(C)(F)F)cc1. The van der Waals surface area contributed by atoms with E-state index < -0.39 is 11.5 Å². The van der Waals surface area contributed by atoms with Crippen LogP contribution < -0.4 is 0 Å². The molecule has 1 unspecified atom stereocenters. The van der Waals surface area contributed by atoms with Gasteiger partial charge in [-0.15, -0.1) is 5.10 Å². The van der Waals surface area contributed by atoms with E-state index in [2.05, 4.69) is 15.3 Å². The van der Waals surface area contributed by atoms with Crippen LogP contribution in [-0.4, -0.2) is 34.6 Å². The normalized spacial score (nSPS) is 13.7. The van der Waals surface area contributed by atoms with E-state index in [0.29, 0.717) is 39.3 Å². The lowest BCUT2D eigenvalue weighted by atomic mass is 9.86. The third-order valence-electron chi connectivity index (χ3n) is 7.16. The standard InChI is InChI=1S/C28H27ClF2N6O/c1-16-21(12-18-6-8-19(9-7-18)27(3,30)31)26(29)22-13-20(10-11-23(22)34-16)28(38,25-15-33-35-37(25)5)24-14-32-17(2)36(24)4/h6-11,13-15,38H,12H2,1-5H3. The van der Waals surface area contributed by atoms with Gasteiger partial charge in [0, 0.05) is 44.1 Å². The molecule has 0 aliphatic rings. The fourth-order valence-corrected chi connectivity index (χ4v) is 5.17. The first-order chi connectivity index (χ1) is 17.9. The van der Waals surface area contributed by atoms with Gasteiger partial charge in [0.1, 0.15) is 11.5 Å². The summed E-state index contributed by atoms with van der Waals surface area (Å²) in [5, 5.41) is 21.5. The zero-order valence-electron chi connectivity index (χ0n) is 21.7. The summed E-state index contributed by atoms with van der Waals surface area (Å²) in [7, 11) is 3.55. The van der Waals surface area contributed by atoms with Crippen molar-refractivity contribution in [1.29, 1.82) is 0 Å². The zero-order chi connectivity index (χ0) is 27.4. The average molecular weight is 537 g/mol. The van der Waals surface area contributed by atoms with Crippen LogP contribution in [-0.2, 0) is 32.0 Å². The number of nitrogens with zero attached hydrogens (tertiary/aromatic N) is 6. The molecular formula is C28H27ClF2N6O. The number of benzene rings is 2. The first-order valence-corrected chi connectivity index (χ1v) is 12.4. The molecule has 0 saturated carbocycles. The number of halogens is 3. The average Bonchev–Trinajstić information content (AvgIpc) is 3.46. The second kappa shape index (κ2) is 9.25. The molecule has 1 N–H and O–H groups in total. The molecule has 2 aromatic carbocycles. The molecule has 38 heavy (non-hydrogen) atoms. The van der Waals surface area contributed by atoms with Gasteiger partial charge in [-0.2, -0.15) is 0 Å². The lowest BCUT2D eigenvalue weighted by molar-refractivity contribution is 0.0174. The lowest BCUT2D eigenvalue weighted by Crippen LogP contribution is -2.33. The molecule has 5 rings (SSSR count). The highest BCUT2D eigenvalue weighted by Crippen LogP contribution is 2.39. The van der Waals surface area contributed by atoms with E-state index in [1.165, 1.54) is 23.0 Å². The maximum atomic E-state index is 13.7. The van der Waals surface area contributed by atoms with Gasteiger partial charge in [0.2, 0.25) is 0 Å². The zero-order valence-corrected chi connectivity index (χ0v) is 22.4. The second-order valence-electron chi connectivity index (χ2n) is 9.69. The van der Waals surface area contributed by atoms with Crippen molar-refractivity contribution in [3.63, 3.8) is 0 Å². The predicted molar refractivity (Wildman–Crippen MR) is 141 cm³/mol. The minimum atomic E-state index is -2.90. The van der Waals surface area contributed by atoms with E-state index in [-0.39, 0.29) is 5.56 Å². The third kappa shape index (κ3) is 4.25. The molecule has 196 valence electrons. The quantitative estimate of drug-likeness (QED) is 0.316. The Morgan fingerprint density at radius 1 is 0.974 bits per heavy atom. The molecular weight excluding hydrogens is 510 g/mol. The first kappa shape index (κ1) is 25.9. The maximum Gasteiger partial charge on any atom is 0.270 e. The summed E-state index contributed by atoms with van der Waals surface area (Å²) in [4.78, 5) is 9.14. The molecule has 3 heterocycles. The largest absolute Gasteiger partial charge is 0.373 e. The highest BCUT2D eigenvalue weighted by Gasteiger charge is 2.40. The summed E-state index contributed by atoms with van der Waals surface area (Å²) in [6, 6.07) is 11.7. The van der Waals surface area contributed by atoms with E-state index in [1.54, 1.807) is 25.4 Å². The van der Waals surface area contributed by atoms with E-state index >= 15 is 0 Å². The van der Waals surface area contributed by atoms with Gasteiger partial charge in [0.25, 0.3) is 5.92 Å². The van der Waals surface area contributed by atoms with Gasteiger partial charge in [-0.05, 0) is 42.7 Å². The van der Waals surface area contributed by atoms with Crippen LogP contribution in [0.1, 0.15) is 52.1 Å². The van der Waals surface area contributed by atoms with Gasteiger partial charge in [0.15, 0.2) is 5.60 Å². The molecule has 0 radical (unpaired) electrons. The summed E-state index contributed by atoms with van der Waals surface area (Å²) in [6.45, 7) is 4.61. The van der Waals surface area contributed by atoms with Crippen molar-refractivity contribution in [2.24, 2.45) is 14.1 Å². The molecule has 5 aromatic rings. The van der Waals surface area contributed by atoms with Crippen LogP contribution in [0.3, 0.4) is 0 Å². The summed E-state index contributed by atoms with van der Waals surface area (Å²) in [5.41, 5.74) is 2.93. The summed E-state index contributed by atoms with van der Waals surface area (Å²) < 4.78 is 30.7. The van der Waals surface area contributed by atoms with Crippen molar-refractivity contribution < 1.29 is 13.9 Å². The Hall–Kier alpha value is -3.69. The molecule has 3 aromatic heterocycles. The molecule has 0 fully saturated rings. The molecule has 7 nitrogen and oxygen atoms in total. The number of aryl methyl sites for hydroxylation is 3. The molecule has 0 saturated heterocycles. The number of hydrogen-bond donors (Lipinski definition) is 1. The van der Waals surface area contributed by atoms with Crippen LogP contribution in [0.15, 0.2) is 54.9 Å². The minimum Gasteiger partial charge on any atom is -0.373 e. The molecule has 0 aliphatic carbocycles. The van der Waals surface area contributed by atoms with Crippen LogP contribution in [0, 0.1) is 13.8 Å². The lowest BCUT2D eigenvalue weighted by Gasteiger charge is -2.29. The van der Waals surface area contributed by atoms with Gasteiger partial charge < -0.3 is 9.67 Å². The number of fused-ring (bicyclic) bond motifs is 1. The van der Waals surface area contributed by atoms with E-state index in [4.69, 9.17) is 16.6 Å². The number of aliphatic hydroxyl groups is 1. The molecule has 0 bridgehead atoms. The van der Waals surface area contributed by atoms with Gasteiger partial charge in [-0.3, -0.25) is 4.98 Å². The fraction of sp³-hybridized carbons (Fsp3) is 0.286. The van der Waals surface area contributed by atoms with Crippen molar-refractivity contribution in [2.75, 3.05) is 0 Å². The number of hydrogen-bond acceptors (Lipinski definition) is 5. The highest BCUT2D eigenvalue weighted by atomic mass is 35.5. The number of pyridine rings is 1. The predicted octanol–water partition coefficient (Wildman–Crippen LogP) is 5.35. The molecule has 0 amide bonds. The number of aromatic nitrogens is 6. The minimum absolute atomic E-state index is 0.0420. The van der Waals surface area contributed by atoms with Crippen molar-refractivity contribution in [3.8, 4) is 0 Å². The first-order valence-electron chi connectivity index (χ1n) is 12.0. The Bertz CT molecular complexity index is 1650. The second-order valence-corrected chi connectivity index (χ2v) is 10.1. The Morgan fingerprint density at radius 2 is 1.66 bits per heavy atom. The number of alkyl halides is 2. The summed E-state index contributed by atoms with van der Waals surface area (Å²) >= 11 is 6.97. The molecule has 0 spiro atoms. The van der Waals surface area contributed by atoms with Crippen LogP contribution in [0.25, 0.3) is 10.9 Å². The fourth-order valence-electron chi connectivity index (χ4n) is 4.81. The van der Waals surface area contributed by atoms with E-state index in [9.17, 15) is 13.9 Å². The van der Waals surface area contributed by atoms with E-state index in [1.807, 2.05) is 43.7 Å².